The number of piperazine rings is 1. The van der Waals surface area contributed by atoms with E-state index in [0.717, 1.165) is 44.0 Å². The maximum atomic E-state index is 12.5. The zero-order valence-electron chi connectivity index (χ0n) is 14.7. The number of nitrogens with zero attached hydrogens (tertiary/aromatic N) is 3. The molecule has 0 saturated carbocycles. The Balaban J connectivity index is 1.42. The van der Waals surface area contributed by atoms with E-state index < -0.39 is 6.10 Å². The number of amides is 1. The smallest absolute Gasteiger partial charge is 0.251 e. The first-order chi connectivity index (χ1) is 11.6. The largest absolute Gasteiger partial charge is 0.376 e. The van der Waals surface area contributed by atoms with Crippen LogP contribution in [0.25, 0.3) is 0 Å². The zero-order valence-corrected chi connectivity index (χ0v) is 14.7. The number of H-pyrrole nitrogens is 1. The van der Waals surface area contributed by atoms with Crippen molar-refractivity contribution < 1.29 is 14.3 Å². The highest BCUT2D eigenvalue weighted by Gasteiger charge is 2.27. The minimum Gasteiger partial charge on any atom is -0.376 e. The number of nitrogens with one attached hydrogen (secondary N) is 1. The van der Waals surface area contributed by atoms with Crippen LogP contribution in [-0.4, -0.2) is 72.6 Å². The minimum absolute atomic E-state index is 0.0728. The topological polar surface area (TPSA) is 70.7 Å². The summed E-state index contributed by atoms with van der Waals surface area (Å²) in [6, 6.07) is 2.04. The van der Waals surface area contributed by atoms with Gasteiger partial charge in [0.05, 0.1) is 12.7 Å². The molecule has 7 nitrogen and oxygen atoms in total. The summed E-state index contributed by atoms with van der Waals surface area (Å²) in [5.41, 5.74) is 1.05. The van der Waals surface area contributed by atoms with Crippen molar-refractivity contribution >= 4 is 11.7 Å². The lowest BCUT2D eigenvalue weighted by Gasteiger charge is -2.36. The van der Waals surface area contributed by atoms with E-state index >= 15 is 0 Å². The first-order valence-electron chi connectivity index (χ1n) is 8.92. The molecule has 7 heteroatoms. The van der Waals surface area contributed by atoms with Crippen LogP contribution in [0.3, 0.4) is 0 Å². The molecule has 0 spiro atoms. The van der Waals surface area contributed by atoms with Crippen LogP contribution in [0.15, 0.2) is 6.07 Å². The molecule has 1 amide bonds. The molecule has 2 saturated heterocycles. The molecule has 0 bridgehead atoms. The lowest BCUT2D eigenvalue weighted by Crippen LogP contribution is -2.51. The van der Waals surface area contributed by atoms with Gasteiger partial charge in [0.1, 0.15) is 6.10 Å². The Hall–Kier alpha value is -1.60. The van der Waals surface area contributed by atoms with Crippen molar-refractivity contribution in [2.45, 2.75) is 45.3 Å². The molecule has 134 valence electrons. The second-order valence-corrected chi connectivity index (χ2v) is 6.69. The highest BCUT2D eigenvalue weighted by molar-refractivity contribution is 5.80. The number of carbonyl (C=O) groups is 1. The van der Waals surface area contributed by atoms with Crippen LogP contribution in [0.4, 0.5) is 5.82 Å². The van der Waals surface area contributed by atoms with E-state index in [2.05, 4.69) is 15.1 Å². The molecular formula is C17H28N4O3. The fourth-order valence-electron chi connectivity index (χ4n) is 3.24. The molecule has 24 heavy (non-hydrogen) atoms. The van der Waals surface area contributed by atoms with Crippen molar-refractivity contribution in [1.82, 2.24) is 15.1 Å². The van der Waals surface area contributed by atoms with E-state index in [9.17, 15) is 4.79 Å². The number of hydrogen-bond acceptors (Lipinski definition) is 5. The van der Waals surface area contributed by atoms with E-state index in [1.54, 1.807) is 0 Å². The van der Waals surface area contributed by atoms with Crippen molar-refractivity contribution in [2.75, 3.05) is 44.3 Å². The second-order valence-electron chi connectivity index (χ2n) is 6.69. The summed E-state index contributed by atoms with van der Waals surface area (Å²) in [6.45, 7) is 8.17. The van der Waals surface area contributed by atoms with Crippen LogP contribution in [0.2, 0.25) is 0 Å². The van der Waals surface area contributed by atoms with Gasteiger partial charge >= 0.3 is 0 Å². The monoisotopic (exact) mass is 336 g/mol. The first kappa shape index (κ1) is 17.2. The molecule has 0 aromatic carbocycles. The number of anilines is 1. The predicted octanol–water partition coefficient (Wildman–Crippen LogP) is 1.34. The average Bonchev–Trinajstić information content (AvgIpc) is 3.06. The van der Waals surface area contributed by atoms with Gasteiger partial charge in [-0.3, -0.25) is 9.89 Å². The first-order valence-corrected chi connectivity index (χ1v) is 8.92. The van der Waals surface area contributed by atoms with Crippen molar-refractivity contribution in [3.05, 3.63) is 11.8 Å². The molecule has 3 rings (SSSR count). The van der Waals surface area contributed by atoms with Crippen LogP contribution >= 0.6 is 0 Å². The highest BCUT2D eigenvalue weighted by Crippen LogP contribution is 2.16. The van der Waals surface area contributed by atoms with E-state index in [-0.39, 0.29) is 12.0 Å². The molecule has 2 aliphatic heterocycles. The Bertz CT molecular complexity index is 534. The molecule has 0 unspecified atom stereocenters. The third-order valence-corrected chi connectivity index (χ3v) is 4.76. The molecule has 3 heterocycles. The fraction of sp³-hybridized carbons (Fsp3) is 0.765. The molecule has 2 fully saturated rings. The number of hydrogen-bond donors (Lipinski definition) is 1. The summed E-state index contributed by atoms with van der Waals surface area (Å²) < 4.78 is 11.4. The third-order valence-electron chi connectivity index (χ3n) is 4.76. The number of aromatic nitrogens is 2. The Morgan fingerprint density at radius 1 is 1.42 bits per heavy atom. The van der Waals surface area contributed by atoms with Crippen LogP contribution in [0, 0.1) is 6.92 Å². The standard InChI is InChI=1S/C17H28N4O3/c1-13-11-16(19-18-13)20-6-8-21(9-7-20)17(22)14(2)24-12-15-5-3-4-10-23-15/h11,14-15H,3-10,12H2,1-2H3,(H,18,19)/t14-,15-/m0/s1. The predicted molar refractivity (Wildman–Crippen MR) is 91.1 cm³/mol. The molecule has 1 aromatic rings. The molecule has 1 aromatic heterocycles. The Morgan fingerprint density at radius 3 is 2.83 bits per heavy atom. The molecule has 1 N–H and O–H groups in total. The maximum Gasteiger partial charge on any atom is 0.251 e. The van der Waals surface area contributed by atoms with Crippen LogP contribution in [0.5, 0.6) is 0 Å². The summed E-state index contributed by atoms with van der Waals surface area (Å²) in [7, 11) is 0. The number of ether oxygens (including phenoxy) is 2. The number of aromatic amines is 1. The summed E-state index contributed by atoms with van der Waals surface area (Å²) in [4.78, 5) is 16.6. The van der Waals surface area contributed by atoms with Gasteiger partial charge in [-0.05, 0) is 33.1 Å². The van der Waals surface area contributed by atoms with Gasteiger partial charge in [0.15, 0.2) is 5.82 Å². The second kappa shape index (κ2) is 7.98. The van der Waals surface area contributed by atoms with E-state index in [4.69, 9.17) is 9.47 Å². The van der Waals surface area contributed by atoms with Crippen LogP contribution in [0.1, 0.15) is 31.9 Å². The molecule has 2 aliphatic rings. The molecular weight excluding hydrogens is 308 g/mol. The molecule has 2 atom stereocenters. The lowest BCUT2D eigenvalue weighted by molar-refractivity contribution is -0.146. The molecule has 0 radical (unpaired) electrons. The number of aryl methyl sites for hydroxylation is 1. The fourth-order valence-corrected chi connectivity index (χ4v) is 3.24. The van der Waals surface area contributed by atoms with Gasteiger partial charge in [0.25, 0.3) is 5.91 Å². The Kier molecular flexibility index (Phi) is 5.73. The normalized spacial score (nSPS) is 23.3. The van der Waals surface area contributed by atoms with E-state index in [1.807, 2.05) is 24.8 Å². The van der Waals surface area contributed by atoms with Gasteiger partial charge in [-0.15, -0.1) is 0 Å². The SMILES string of the molecule is Cc1cc(N2CCN(C(=O)[C@H](C)OC[C@@H]3CCCCO3)CC2)n[nH]1. The lowest BCUT2D eigenvalue weighted by atomic mass is 10.1. The third kappa shape index (κ3) is 4.27. The summed E-state index contributed by atoms with van der Waals surface area (Å²) >= 11 is 0. The van der Waals surface area contributed by atoms with Crippen molar-refractivity contribution in [2.24, 2.45) is 0 Å². The van der Waals surface area contributed by atoms with E-state index in [1.165, 1.54) is 6.42 Å². The van der Waals surface area contributed by atoms with Gasteiger partial charge in [0, 0.05) is 44.5 Å². The average molecular weight is 336 g/mol. The maximum absolute atomic E-state index is 12.5. The van der Waals surface area contributed by atoms with Crippen LogP contribution in [-0.2, 0) is 14.3 Å². The molecule has 0 aliphatic carbocycles. The highest BCUT2D eigenvalue weighted by atomic mass is 16.5. The minimum atomic E-state index is -0.408. The van der Waals surface area contributed by atoms with Gasteiger partial charge in [-0.25, -0.2) is 0 Å². The van der Waals surface area contributed by atoms with Gasteiger partial charge in [-0.2, -0.15) is 5.10 Å². The van der Waals surface area contributed by atoms with Crippen molar-refractivity contribution in [3.8, 4) is 0 Å². The van der Waals surface area contributed by atoms with Crippen molar-refractivity contribution in [1.29, 1.82) is 0 Å². The van der Waals surface area contributed by atoms with Gasteiger partial charge < -0.3 is 19.3 Å². The number of rotatable bonds is 5. The van der Waals surface area contributed by atoms with Crippen molar-refractivity contribution in [3.63, 3.8) is 0 Å². The number of carbonyl (C=O) groups excluding carboxylic acids is 1. The van der Waals surface area contributed by atoms with Crippen LogP contribution < -0.4 is 4.90 Å². The van der Waals surface area contributed by atoms with Gasteiger partial charge in [-0.1, -0.05) is 0 Å². The summed E-state index contributed by atoms with van der Waals surface area (Å²) in [6.07, 6.45) is 3.08. The quantitative estimate of drug-likeness (QED) is 0.879. The van der Waals surface area contributed by atoms with E-state index in [0.29, 0.717) is 19.7 Å². The Labute approximate surface area is 143 Å². The zero-order chi connectivity index (χ0) is 16.9. The Morgan fingerprint density at radius 2 is 2.21 bits per heavy atom. The summed E-state index contributed by atoms with van der Waals surface area (Å²) in [5, 5.41) is 7.25. The summed E-state index contributed by atoms with van der Waals surface area (Å²) in [5.74, 6) is 1.03. The van der Waals surface area contributed by atoms with Gasteiger partial charge in [0.2, 0.25) is 0 Å².